The van der Waals surface area contributed by atoms with E-state index in [0.29, 0.717) is 11.6 Å². The van der Waals surface area contributed by atoms with Crippen LogP contribution < -0.4 is 5.32 Å². The third-order valence-electron chi connectivity index (χ3n) is 2.84. The first-order chi connectivity index (χ1) is 7.66. The van der Waals surface area contributed by atoms with Crippen molar-refractivity contribution < 1.29 is 9.90 Å². The summed E-state index contributed by atoms with van der Waals surface area (Å²) < 4.78 is 0. The van der Waals surface area contributed by atoms with Gasteiger partial charge in [0, 0.05) is 11.7 Å². The van der Waals surface area contributed by atoms with Gasteiger partial charge in [0.1, 0.15) is 0 Å². The molecule has 0 spiro atoms. The topological polar surface area (TPSA) is 49.3 Å². The zero-order valence-electron chi connectivity index (χ0n) is 9.23. The Bertz CT molecular complexity index is 430. The lowest BCUT2D eigenvalue weighted by Gasteiger charge is -2.16. The summed E-state index contributed by atoms with van der Waals surface area (Å²) in [6, 6.07) is 5.64. The van der Waals surface area contributed by atoms with E-state index < -0.39 is 5.97 Å². The molecule has 1 aliphatic carbocycles. The van der Waals surface area contributed by atoms with Crippen LogP contribution in [0.25, 0.3) is 0 Å². The van der Waals surface area contributed by atoms with Gasteiger partial charge in [-0.15, -0.1) is 0 Å². The fraction of sp³-hybridized carbons (Fsp3) is 0.308. The summed E-state index contributed by atoms with van der Waals surface area (Å²) in [7, 11) is 0. The van der Waals surface area contributed by atoms with Crippen molar-refractivity contribution in [2.75, 3.05) is 5.32 Å². The normalized spacial score (nSPS) is 15.3. The van der Waals surface area contributed by atoms with Crippen molar-refractivity contribution in [1.82, 2.24) is 0 Å². The Morgan fingerprint density at radius 3 is 2.62 bits per heavy atom. The lowest BCUT2D eigenvalue weighted by molar-refractivity contribution is 0.0697. The molecule has 0 aliphatic heterocycles. The zero-order valence-corrected chi connectivity index (χ0v) is 9.23. The van der Waals surface area contributed by atoms with E-state index in [-0.39, 0.29) is 0 Å². The van der Waals surface area contributed by atoms with Gasteiger partial charge in [-0.1, -0.05) is 12.2 Å². The van der Waals surface area contributed by atoms with Crippen LogP contribution in [-0.4, -0.2) is 17.1 Å². The average Bonchev–Trinajstić information content (AvgIpc) is 2.73. The van der Waals surface area contributed by atoms with Gasteiger partial charge in [-0.2, -0.15) is 0 Å². The first-order valence-corrected chi connectivity index (χ1v) is 5.42. The number of benzene rings is 1. The molecule has 3 nitrogen and oxygen atoms in total. The van der Waals surface area contributed by atoms with Crippen molar-refractivity contribution >= 4 is 11.7 Å². The van der Waals surface area contributed by atoms with E-state index in [1.807, 2.05) is 13.0 Å². The van der Waals surface area contributed by atoms with Gasteiger partial charge in [0.25, 0.3) is 0 Å². The molecule has 1 aromatic carbocycles. The molecule has 3 heteroatoms. The van der Waals surface area contributed by atoms with Gasteiger partial charge < -0.3 is 10.4 Å². The highest BCUT2D eigenvalue weighted by Gasteiger charge is 2.11. The molecule has 16 heavy (non-hydrogen) atoms. The van der Waals surface area contributed by atoms with E-state index in [1.54, 1.807) is 12.1 Å². The molecule has 2 rings (SSSR count). The van der Waals surface area contributed by atoms with Crippen LogP contribution in [-0.2, 0) is 0 Å². The minimum Gasteiger partial charge on any atom is -0.478 e. The summed E-state index contributed by atoms with van der Waals surface area (Å²) in [6.07, 6.45) is 6.41. The quantitative estimate of drug-likeness (QED) is 0.765. The Morgan fingerprint density at radius 1 is 1.38 bits per heavy atom. The van der Waals surface area contributed by atoms with Gasteiger partial charge in [-0.3, -0.25) is 0 Å². The molecule has 0 saturated carbocycles. The fourth-order valence-electron chi connectivity index (χ4n) is 1.91. The molecule has 84 valence electrons. The first kappa shape index (κ1) is 10.7. The van der Waals surface area contributed by atoms with Crippen LogP contribution in [0, 0.1) is 6.92 Å². The third-order valence-corrected chi connectivity index (χ3v) is 2.84. The number of carboxylic acids is 1. The van der Waals surface area contributed by atoms with Gasteiger partial charge in [0.15, 0.2) is 0 Å². The van der Waals surface area contributed by atoms with E-state index in [4.69, 9.17) is 5.11 Å². The van der Waals surface area contributed by atoms with Crippen LogP contribution in [0.2, 0.25) is 0 Å². The number of hydrogen-bond donors (Lipinski definition) is 2. The Labute approximate surface area is 94.8 Å². The van der Waals surface area contributed by atoms with Crippen molar-refractivity contribution in [2.45, 2.75) is 25.8 Å². The monoisotopic (exact) mass is 217 g/mol. The largest absolute Gasteiger partial charge is 0.478 e. The minimum atomic E-state index is -0.878. The molecular weight excluding hydrogens is 202 g/mol. The molecule has 0 unspecified atom stereocenters. The first-order valence-electron chi connectivity index (χ1n) is 5.42. The number of carboxylic acid groups (broad SMARTS) is 1. The van der Waals surface area contributed by atoms with E-state index in [1.165, 1.54) is 0 Å². The van der Waals surface area contributed by atoms with Gasteiger partial charge in [0.2, 0.25) is 0 Å². The van der Waals surface area contributed by atoms with Crippen molar-refractivity contribution in [3.05, 3.63) is 41.5 Å². The zero-order chi connectivity index (χ0) is 11.5. The van der Waals surface area contributed by atoms with Crippen molar-refractivity contribution in [3.63, 3.8) is 0 Å². The Kier molecular flexibility index (Phi) is 2.95. The predicted octanol–water partition coefficient (Wildman–Crippen LogP) is 2.82. The number of rotatable bonds is 3. The highest BCUT2D eigenvalue weighted by atomic mass is 16.4. The number of carbonyl (C=O) groups is 1. The maximum atomic E-state index is 10.8. The summed E-state index contributed by atoms with van der Waals surface area (Å²) >= 11 is 0. The Hall–Kier alpha value is -1.77. The van der Waals surface area contributed by atoms with E-state index >= 15 is 0 Å². The van der Waals surface area contributed by atoms with Gasteiger partial charge in [0.05, 0.1) is 5.56 Å². The molecule has 0 saturated heterocycles. The van der Waals surface area contributed by atoms with E-state index in [0.717, 1.165) is 24.1 Å². The van der Waals surface area contributed by atoms with Crippen LogP contribution in [0.3, 0.4) is 0 Å². The summed E-state index contributed by atoms with van der Waals surface area (Å²) in [4.78, 5) is 10.8. The molecule has 1 aromatic rings. The highest BCUT2D eigenvalue weighted by molar-refractivity contribution is 5.88. The van der Waals surface area contributed by atoms with Crippen LogP contribution in [0.4, 0.5) is 5.69 Å². The van der Waals surface area contributed by atoms with Crippen molar-refractivity contribution in [3.8, 4) is 0 Å². The molecule has 2 N–H and O–H groups in total. The number of nitrogens with one attached hydrogen (secondary N) is 1. The third kappa shape index (κ3) is 2.24. The van der Waals surface area contributed by atoms with Gasteiger partial charge in [-0.05, 0) is 43.5 Å². The molecule has 0 atom stereocenters. The van der Waals surface area contributed by atoms with Crippen LogP contribution in [0.5, 0.6) is 0 Å². The number of aromatic carboxylic acids is 1. The molecule has 1 aliphatic rings. The van der Waals surface area contributed by atoms with Crippen molar-refractivity contribution in [1.29, 1.82) is 0 Å². The Balaban J connectivity index is 2.12. The fourth-order valence-corrected chi connectivity index (χ4v) is 1.91. The lowest BCUT2D eigenvalue weighted by atomic mass is 10.1. The second-order valence-electron chi connectivity index (χ2n) is 4.12. The molecule has 0 heterocycles. The molecule has 0 bridgehead atoms. The molecule has 0 fully saturated rings. The van der Waals surface area contributed by atoms with E-state index in [9.17, 15) is 4.79 Å². The Morgan fingerprint density at radius 2 is 2.06 bits per heavy atom. The number of hydrogen-bond acceptors (Lipinski definition) is 2. The average molecular weight is 217 g/mol. The maximum absolute atomic E-state index is 10.8. The van der Waals surface area contributed by atoms with Crippen LogP contribution in [0.15, 0.2) is 30.4 Å². The lowest BCUT2D eigenvalue weighted by Crippen LogP contribution is -2.15. The summed E-state index contributed by atoms with van der Waals surface area (Å²) in [5.74, 6) is -0.878. The highest BCUT2D eigenvalue weighted by Crippen LogP contribution is 2.21. The second-order valence-corrected chi connectivity index (χ2v) is 4.12. The predicted molar refractivity (Wildman–Crippen MR) is 63.9 cm³/mol. The smallest absolute Gasteiger partial charge is 0.335 e. The van der Waals surface area contributed by atoms with Crippen LogP contribution in [0.1, 0.15) is 28.8 Å². The molecule has 0 aromatic heterocycles. The number of anilines is 1. The van der Waals surface area contributed by atoms with E-state index in [2.05, 4.69) is 17.5 Å². The standard InChI is InChI=1S/C13H15NO2/c1-9-8-10(13(15)16)6-7-12(9)14-11-4-2-3-5-11/h2-3,6-8,11,14H,4-5H2,1H3,(H,15,16). The molecular formula is C13H15NO2. The molecule has 0 radical (unpaired) electrons. The maximum Gasteiger partial charge on any atom is 0.335 e. The second kappa shape index (κ2) is 4.39. The van der Waals surface area contributed by atoms with Gasteiger partial charge in [-0.25, -0.2) is 4.79 Å². The SMILES string of the molecule is Cc1cc(C(=O)O)ccc1NC1CC=CC1. The van der Waals surface area contributed by atoms with Gasteiger partial charge >= 0.3 is 5.97 Å². The number of aryl methyl sites for hydroxylation is 1. The minimum absolute atomic E-state index is 0.340. The van der Waals surface area contributed by atoms with Crippen molar-refractivity contribution in [2.24, 2.45) is 0 Å². The molecule has 0 amide bonds. The summed E-state index contributed by atoms with van der Waals surface area (Å²) in [5.41, 5.74) is 2.35. The summed E-state index contributed by atoms with van der Waals surface area (Å²) in [5, 5.41) is 12.3. The van der Waals surface area contributed by atoms with Crippen LogP contribution >= 0.6 is 0 Å². The summed E-state index contributed by atoms with van der Waals surface area (Å²) in [6.45, 7) is 1.93.